The molecule has 3 aromatic rings. The molecule has 0 saturated carbocycles. The summed E-state index contributed by atoms with van der Waals surface area (Å²) in [5, 5.41) is 5.01. The topological polar surface area (TPSA) is 77.1 Å². The van der Waals surface area contributed by atoms with Crippen molar-refractivity contribution in [1.29, 1.82) is 0 Å². The summed E-state index contributed by atoms with van der Waals surface area (Å²) in [5.41, 5.74) is 1.45. The average Bonchev–Trinajstić information content (AvgIpc) is 3.40. The van der Waals surface area contributed by atoms with Crippen LogP contribution in [-0.2, 0) is 9.59 Å². The number of carbonyl (C=O) groups excluding carboxylic acids is 2. The van der Waals surface area contributed by atoms with Crippen LogP contribution >= 0.6 is 11.3 Å². The van der Waals surface area contributed by atoms with Crippen LogP contribution in [-0.4, -0.2) is 32.6 Å². The van der Waals surface area contributed by atoms with Crippen molar-refractivity contribution >= 4 is 40.1 Å². The summed E-state index contributed by atoms with van der Waals surface area (Å²) in [6, 6.07) is 15.9. The lowest BCUT2D eigenvalue weighted by atomic mass is 10.2. The summed E-state index contributed by atoms with van der Waals surface area (Å²) in [6.07, 6.45) is 0. The van der Waals surface area contributed by atoms with Crippen LogP contribution in [0.25, 0.3) is 5.57 Å². The van der Waals surface area contributed by atoms with Crippen LogP contribution in [0.5, 0.6) is 17.2 Å². The number of rotatable bonds is 8. The maximum Gasteiger partial charge on any atom is 0.282 e. The quantitative estimate of drug-likeness (QED) is 0.507. The zero-order valence-electron chi connectivity index (χ0n) is 17.9. The van der Waals surface area contributed by atoms with Gasteiger partial charge in [-0.1, -0.05) is 12.1 Å². The first-order valence-electron chi connectivity index (χ1n) is 9.96. The zero-order chi connectivity index (χ0) is 22.7. The molecule has 0 fully saturated rings. The monoisotopic (exact) mass is 450 g/mol. The molecule has 164 valence electrons. The molecule has 1 aliphatic rings. The van der Waals surface area contributed by atoms with E-state index >= 15 is 0 Å². The predicted octanol–water partition coefficient (Wildman–Crippen LogP) is 4.56. The van der Waals surface area contributed by atoms with E-state index < -0.39 is 11.8 Å². The highest BCUT2D eigenvalue weighted by Gasteiger charge is 2.42. The molecule has 0 bridgehead atoms. The van der Waals surface area contributed by atoms with Gasteiger partial charge in [-0.05, 0) is 42.6 Å². The number of hydrogen-bond acceptors (Lipinski definition) is 7. The molecule has 32 heavy (non-hydrogen) atoms. The fourth-order valence-corrected chi connectivity index (χ4v) is 4.23. The molecule has 0 spiro atoms. The molecule has 1 N–H and O–H groups in total. The number of thiophene rings is 1. The van der Waals surface area contributed by atoms with Crippen molar-refractivity contribution in [2.75, 3.05) is 31.0 Å². The van der Waals surface area contributed by atoms with Crippen LogP contribution in [0.2, 0.25) is 0 Å². The highest BCUT2D eigenvalue weighted by Crippen LogP contribution is 2.40. The number of carbonyl (C=O) groups is 2. The van der Waals surface area contributed by atoms with Crippen molar-refractivity contribution in [2.24, 2.45) is 0 Å². The van der Waals surface area contributed by atoms with Gasteiger partial charge in [-0.15, -0.1) is 11.3 Å². The molecule has 8 heteroatoms. The van der Waals surface area contributed by atoms with E-state index in [1.54, 1.807) is 24.3 Å². The maximum absolute atomic E-state index is 13.6. The maximum atomic E-state index is 13.6. The summed E-state index contributed by atoms with van der Waals surface area (Å²) in [7, 11) is 3.01. The Labute approximate surface area is 189 Å². The van der Waals surface area contributed by atoms with Gasteiger partial charge in [-0.2, -0.15) is 0 Å². The third-order valence-corrected chi connectivity index (χ3v) is 5.78. The van der Waals surface area contributed by atoms with Crippen LogP contribution in [0.3, 0.4) is 0 Å². The average molecular weight is 451 g/mol. The van der Waals surface area contributed by atoms with Gasteiger partial charge in [0.05, 0.1) is 32.1 Å². The summed E-state index contributed by atoms with van der Waals surface area (Å²) >= 11 is 1.39. The molecule has 0 atom stereocenters. The van der Waals surface area contributed by atoms with Crippen molar-refractivity contribution < 1.29 is 23.8 Å². The van der Waals surface area contributed by atoms with Crippen molar-refractivity contribution in [3.63, 3.8) is 0 Å². The number of amides is 2. The lowest BCUT2D eigenvalue weighted by molar-refractivity contribution is -0.120. The van der Waals surface area contributed by atoms with E-state index in [1.165, 1.54) is 25.6 Å². The first-order chi connectivity index (χ1) is 15.6. The van der Waals surface area contributed by atoms with Crippen molar-refractivity contribution in [1.82, 2.24) is 0 Å². The molecule has 0 unspecified atom stereocenters. The van der Waals surface area contributed by atoms with Gasteiger partial charge in [-0.25, -0.2) is 4.90 Å². The Bertz CT molecular complexity index is 1190. The smallest absolute Gasteiger partial charge is 0.282 e. The molecular formula is C24H22N2O5S. The van der Waals surface area contributed by atoms with Gasteiger partial charge in [0.15, 0.2) is 0 Å². The first-order valence-corrected chi connectivity index (χ1v) is 10.8. The van der Waals surface area contributed by atoms with E-state index in [0.29, 0.717) is 45.7 Å². The Hall–Kier alpha value is -3.78. The second-order valence-electron chi connectivity index (χ2n) is 6.80. The number of imide groups is 1. The van der Waals surface area contributed by atoms with Crippen LogP contribution in [0.15, 0.2) is 65.7 Å². The summed E-state index contributed by atoms with van der Waals surface area (Å²) < 4.78 is 16.3. The Morgan fingerprint density at radius 2 is 1.78 bits per heavy atom. The fraction of sp³-hybridized carbons (Fsp3) is 0.167. The van der Waals surface area contributed by atoms with E-state index in [9.17, 15) is 9.59 Å². The van der Waals surface area contributed by atoms with Crippen LogP contribution in [0.1, 0.15) is 11.8 Å². The van der Waals surface area contributed by atoms with Crippen LogP contribution < -0.4 is 24.4 Å². The number of ether oxygens (including phenoxy) is 3. The van der Waals surface area contributed by atoms with Gasteiger partial charge < -0.3 is 19.5 Å². The molecule has 0 saturated heterocycles. The third kappa shape index (κ3) is 3.92. The zero-order valence-corrected chi connectivity index (χ0v) is 18.7. The van der Waals surface area contributed by atoms with Crippen LogP contribution in [0, 0.1) is 0 Å². The minimum Gasteiger partial charge on any atom is -0.497 e. The van der Waals surface area contributed by atoms with Crippen molar-refractivity contribution in [2.45, 2.75) is 6.92 Å². The lowest BCUT2D eigenvalue weighted by Gasteiger charge is -2.19. The molecule has 0 radical (unpaired) electrons. The Balaban J connectivity index is 1.80. The predicted molar refractivity (Wildman–Crippen MR) is 125 cm³/mol. The van der Waals surface area contributed by atoms with E-state index in [2.05, 4.69) is 5.32 Å². The van der Waals surface area contributed by atoms with Gasteiger partial charge in [0.1, 0.15) is 22.9 Å². The number of anilines is 2. The van der Waals surface area contributed by atoms with E-state index in [4.69, 9.17) is 14.2 Å². The number of hydrogen-bond donors (Lipinski definition) is 1. The number of benzene rings is 2. The molecule has 1 aromatic heterocycles. The molecule has 0 aliphatic carbocycles. The summed E-state index contributed by atoms with van der Waals surface area (Å²) in [5.74, 6) is 0.639. The van der Waals surface area contributed by atoms with Gasteiger partial charge in [0.25, 0.3) is 11.8 Å². The Kier molecular flexibility index (Phi) is 6.13. The second-order valence-corrected chi connectivity index (χ2v) is 7.74. The highest BCUT2D eigenvalue weighted by molar-refractivity contribution is 7.11. The van der Waals surface area contributed by atoms with Gasteiger partial charge in [0.2, 0.25) is 0 Å². The summed E-state index contributed by atoms with van der Waals surface area (Å²) in [6.45, 7) is 2.42. The van der Waals surface area contributed by atoms with Crippen molar-refractivity contribution in [3.8, 4) is 17.2 Å². The van der Waals surface area contributed by atoms with E-state index in [-0.39, 0.29) is 5.70 Å². The molecule has 4 rings (SSSR count). The Morgan fingerprint density at radius 3 is 2.47 bits per heavy atom. The number of nitrogens with zero attached hydrogens (tertiary/aromatic N) is 1. The third-order valence-electron chi connectivity index (χ3n) is 4.89. The molecule has 2 heterocycles. The Morgan fingerprint density at radius 1 is 0.938 bits per heavy atom. The highest BCUT2D eigenvalue weighted by atomic mass is 32.1. The van der Waals surface area contributed by atoms with Crippen molar-refractivity contribution in [3.05, 3.63) is 70.6 Å². The first kappa shape index (κ1) is 21.5. The molecule has 7 nitrogen and oxygen atoms in total. The van der Waals surface area contributed by atoms with Gasteiger partial charge >= 0.3 is 0 Å². The van der Waals surface area contributed by atoms with E-state index in [1.807, 2.05) is 42.6 Å². The molecule has 1 aliphatic heterocycles. The number of methoxy groups -OCH3 is 2. The molecule has 2 aromatic carbocycles. The lowest BCUT2D eigenvalue weighted by Crippen LogP contribution is -2.32. The SMILES string of the molecule is CCOc1cccc(NC2=C(c3cccs3)C(=O)N(c3cc(OC)ccc3OC)C2=O)c1. The fourth-order valence-electron chi connectivity index (χ4n) is 3.46. The van der Waals surface area contributed by atoms with E-state index in [0.717, 1.165) is 4.90 Å². The minimum atomic E-state index is -0.480. The molecular weight excluding hydrogens is 428 g/mol. The largest absolute Gasteiger partial charge is 0.497 e. The summed E-state index contributed by atoms with van der Waals surface area (Å²) in [4.78, 5) is 28.9. The van der Waals surface area contributed by atoms with Gasteiger partial charge in [0, 0.05) is 22.7 Å². The minimum absolute atomic E-state index is 0.191. The second kappa shape index (κ2) is 9.15. The van der Waals surface area contributed by atoms with Gasteiger partial charge in [-0.3, -0.25) is 9.59 Å². The van der Waals surface area contributed by atoms with Crippen LogP contribution in [0.4, 0.5) is 11.4 Å². The standard InChI is InChI=1S/C24H22N2O5S/c1-4-31-17-8-5-7-15(13-17)25-22-21(20-9-6-12-32-20)23(27)26(24(22)28)18-14-16(29-2)10-11-19(18)30-3/h5-14,25H,4H2,1-3H3. The number of nitrogens with one attached hydrogen (secondary N) is 1. The normalized spacial score (nSPS) is 13.5. The molecule has 2 amide bonds.